The minimum absolute atomic E-state index is 0.393. The van der Waals surface area contributed by atoms with Gasteiger partial charge in [-0.05, 0) is 0 Å². The molecule has 7 heteroatoms. The van der Waals surface area contributed by atoms with Crippen molar-refractivity contribution >= 4 is 44.5 Å². The summed E-state index contributed by atoms with van der Waals surface area (Å²) in [6.07, 6.45) is 0. The van der Waals surface area contributed by atoms with Crippen molar-refractivity contribution < 1.29 is 28.6 Å². The molecule has 3 aromatic carbocycles. The minimum atomic E-state index is -3.64. The van der Waals surface area contributed by atoms with Crippen LogP contribution in [0.2, 0.25) is 5.71 Å². The number of esters is 3. The average Bonchev–Trinajstić information content (AvgIpc) is 2.86. The van der Waals surface area contributed by atoms with E-state index in [-0.39, 0.29) is 0 Å². The van der Waals surface area contributed by atoms with Crippen LogP contribution in [0.4, 0.5) is 0 Å². The number of methoxy groups -OCH3 is 3. The van der Waals surface area contributed by atoms with Gasteiger partial charge in [0.2, 0.25) is 0 Å². The molecule has 0 aliphatic rings. The Balaban J connectivity index is 2.49. The molecule has 0 N–H and O–H groups in total. The summed E-state index contributed by atoms with van der Waals surface area (Å²) in [4.78, 5) is 38.1. The van der Waals surface area contributed by atoms with Gasteiger partial charge in [-0.2, -0.15) is 0 Å². The first-order chi connectivity index (χ1) is 15.4. The van der Waals surface area contributed by atoms with Gasteiger partial charge in [-0.25, -0.2) is 0 Å². The van der Waals surface area contributed by atoms with Crippen molar-refractivity contribution in [2.24, 2.45) is 0 Å². The van der Waals surface area contributed by atoms with Crippen molar-refractivity contribution in [1.29, 1.82) is 0 Å². The third-order valence-corrected chi connectivity index (χ3v) is 13.9. The van der Waals surface area contributed by atoms with Gasteiger partial charge in [0.15, 0.2) is 0 Å². The summed E-state index contributed by atoms with van der Waals surface area (Å²) >= 11 is -3.64. The molecule has 0 amide bonds. The SMILES string of the molecule is COC(=O)c1ccccc1[As+](C)(c1ccccc1C(=O)OC)c1ccccc1C(=O)OC. The van der Waals surface area contributed by atoms with E-state index in [0.717, 1.165) is 13.1 Å². The van der Waals surface area contributed by atoms with Crippen LogP contribution in [-0.4, -0.2) is 52.8 Å². The molecule has 0 radical (unpaired) electrons. The topological polar surface area (TPSA) is 78.9 Å². The van der Waals surface area contributed by atoms with Crippen LogP contribution < -0.4 is 13.1 Å². The second-order valence-electron chi connectivity index (χ2n) is 7.03. The van der Waals surface area contributed by atoms with Gasteiger partial charge in [0.25, 0.3) is 0 Å². The fourth-order valence-corrected chi connectivity index (χ4v) is 12.0. The van der Waals surface area contributed by atoms with E-state index in [4.69, 9.17) is 14.2 Å². The normalized spacial score (nSPS) is 10.9. The molecule has 0 unspecified atom stereocenters. The molecule has 0 spiro atoms. The van der Waals surface area contributed by atoms with Gasteiger partial charge >= 0.3 is 190 Å². The second kappa shape index (κ2) is 9.84. The number of rotatable bonds is 6. The van der Waals surface area contributed by atoms with E-state index < -0.39 is 31.5 Å². The van der Waals surface area contributed by atoms with Gasteiger partial charge in [0.05, 0.1) is 0 Å². The van der Waals surface area contributed by atoms with E-state index in [1.807, 2.05) is 42.1 Å². The molecule has 0 saturated carbocycles. The summed E-state index contributed by atoms with van der Waals surface area (Å²) in [6.45, 7) is 0. The molecule has 0 fully saturated rings. The van der Waals surface area contributed by atoms with Crippen LogP contribution in [0.15, 0.2) is 72.8 Å². The summed E-state index contributed by atoms with van der Waals surface area (Å²) in [5.74, 6) is -1.46. The standard InChI is InChI=1S/C25H24AsO6/c1-26(20-14-8-5-11-17(20)23(27)30-2,21-15-9-6-12-18(21)24(28)31-3)22-16-10-7-13-19(22)25(29)32-4/h5-16H,1-4H3/q+1. The zero-order valence-electron chi connectivity index (χ0n) is 18.3. The Labute approximate surface area is 189 Å². The summed E-state index contributed by atoms with van der Waals surface area (Å²) in [5.41, 5.74) is 3.21. The Morgan fingerprint density at radius 1 is 0.531 bits per heavy atom. The van der Waals surface area contributed by atoms with Crippen LogP contribution in [0.1, 0.15) is 31.1 Å². The van der Waals surface area contributed by atoms with E-state index in [2.05, 4.69) is 0 Å². The first-order valence-corrected chi connectivity index (χ1v) is 14.5. The Kier molecular flexibility index (Phi) is 7.16. The molecule has 0 aliphatic carbocycles. The van der Waals surface area contributed by atoms with Crippen LogP contribution in [0.25, 0.3) is 0 Å². The van der Waals surface area contributed by atoms with Gasteiger partial charge in [-0.15, -0.1) is 0 Å². The van der Waals surface area contributed by atoms with Crippen LogP contribution in [0, 0.1) is 0 Å². The molecule has 0 aliphatic heterocycles. The number of carbonyl (C=O) groups excluding carboxylic acids is 3. The van der Waals surface area contributed by atoms with Gasteiger partial charge in [-0.1, -0.05) is 0 Å². The maximum atomic E-state index is 12.7. The van der Waals surface area contributed by atoms with E-state index in [9.17, 15) is 14.4 Å². The average molecular weight is 495 g/mol. The maximum absolute atomic E-state index is 12.7. The fraction of sp³-hybridized carbons (Fsp3) is 0.160. The van der Waals surface area contributed by atoms with E-state index in [0.29, 0.717) is 16.7 Å². The number of hydrogen-bond acceptors (Lipinski definition) is 6. The monoisotopic (exact) mass is 495 g/mol. The summed E-state index contributed by atoms with van der Waals surface area (Å²) in [5, 5.41) is 0. The van der Waals surface area contributed by atoms with E-state index >= 15 is 0 Å². The molecule has 3 rings (SSSR count). The molecule has 0 saturated heterocycles. The Morgan fingerprint density at radius 3 is 1.03 bits per heavy atom. The summed E-state index contributed by atoms with van der Waals surface area (Å²) in [7, 11) is 3.98. The number of carbonyl (C=O) groups is 3. The fourth-order valence-electron chi connectivity index (χ4n) is 3.83. The molecule has 6 nitrogen and oxygen atoms in total. The van der Waals surface area contributed by atoms with Crippen LogP contribution in [0.5, 0.6) is 0 Å². The van der Waals surface area contributed by atoms with Crippen molar-refractivity contribution in [3.05, 3.63) is 89.5 Å². The Morgan fingerprint density at radius 2 is 0.781 bits per heavy atom. The van der Waals surface area contributed by atoms with E-state index in [1.165, 1.54) is 21.3 Å². The zero-order valence-corrected chi connectivity index (χ0v) is 20.2. The Hall–Kier alpha value is -3.37. The van der Waals surface area contributed by atoms with Gasteiger partial charge in [0.1, 0.15) is 0 Å². The van der Waals surface area contributed by atoms with Crippen LogP contribution in [-0.2, 0) is 14.2 Å². The third-order valence-electron chi connectivity index (χ3n) is 5.37. The molecular formula is C25H24AsO6+. The van der Waals surface area contributed by atoms with Crippen molar-refractivity contribution in [2.45, 2.75) is 5.71 Å². The first-order valence-electron chi connectivity index (χ1n) is 9.80. The molecule has 3 aromatic rings. The molecule has 0 aromatic heterocycles. The first kappa shape index (κ1) is 23.3. The molecule has 32 heavy (non-hydrogen) atoms. The second-order valence-corrected chi connectivity index (χ2v) is 14.3. The molecule has 0 atom stereocenters. The molecule has 0 bridgehead atoms. The number of hydrogen-bond donors (Lipinski definition) is 0. The predicted octanol–water partition coefficient (Wildman–Crippen LogP) is 2.15. The zero-order chi connectivity index (χ0) is 23.3. The molecule has 0 heterocycles. The molecule has 164 valence electrons. The van der Waals surface area contributed by atoms with Crippen LogP contribution >= 0.6 is 0 Å². The van der Waals surface area contributed by atoms with Crippen molar-refractivity contribution in [2.75, 3.05) is 21.3 Å². The number of ether oxygens (including phenoxy) is 3. The van der Waals surface area contributed by atoms with Crippen molar-refractivity contribution in [1.82, 2.24) is 0 Å². The third kappa shape index (κ3) is 4.06. The number of benzene rings is 3. The quantitative estimate of drug-likeness (QED) is 0.296. The molecular weight excluding hydrogens is 471 g/mol. The van der Waals surface area contributed by atoms with Gasteiger partial charge < -0.3 is 0 Å². The Bertz CT molecular complexity index is 1030. The van der Waals surface area contributed by atoms with Crippen molar-refractivity contribution in [3.8, 4) is 0 Å². The van der Waals surface area contributed by atoms with Gasteiger partial charge in [-0.3, -0.25) is 0 Å². The van der Waals surface area contributed by atoms with Gasteiger partial charge in [0, 0.05) is 0 Å². The van der Waals surface area contributed by atoms with Crippen molar-refractivity contribution in [3.63, 3.8) is 0 Å². The predicted molar refractivity (Wildman–Crippen MR) is 124 cm³/mol. The summed E-state index contributed by atoms with van der Waals surface area (Å²) < 4.78 is 17.4. The van der Waals surface area contributed by atoms with Crippen LogP contribution in [0.3, 0.4) is 0 Å². The van der Waals surface area contributed by atoms with E-state index in [1.54, 1.807) is 36.4 Å². The summed E-state index contributed by atoms with van der Waals surface area (Å²) in [6, 6.07) is 21.5.